The normalized spacial score (nSPS) is 9.79. The van der Waals surface area contributed by atoms with Crippen molar-refractivity contribution in [1.29, 1.82) is 0 Å². The smallest absolute Gasteiger partial charge is 0.224 e. The predicted molar refractivity (Wildman–Crippen MR) is 57.9 cm³/mol. The van der Waals surface area contributed by atoms with Gasteiger partial charge in [0.1, 0.15) is 0 Å². The second-order valence-electron chi connectivity index (χ2n) is 2.97. The van der Waals surface area contributed by atoms with Crippen LogP contribution in [0.5, 0.6) is 0 Å². The summed E-state index contributed by atoms with van der Waals surface area (Å²) in [6, 6.07) is 1.75. The zero-order valence-corrected chi connectivity index (χ0v) is 8.89. The van der Waals surface area contributed by atoms with Crippen molar-refractivity contribution >= 4 is 29.2 Å². The molecule has 1 aromatic rings. The van der Waals surface area contributed by atoms with Gasteiger partial charge in [0.05, 0.1) is 10.6 Å². The Morgan fingerprint density at radius 2 is 2.43 bits per heavy atom. The molecule has 0 aliphatic carbocycles. The molecule has 3 nitrogen and oxygen atoms in total. The predicted octanol–water partition coefficient (Wildman–Crippen LogP) is 2.69. The summed E-state index contributed by atoms with van der Waals surface area (Å²) < 4.78 is 0. The zero-order chi connectivity index (χ0) is 10.4. The molecule has 0 saturated heterocycles. The fraction of sp³-hybridized carbons (Fsp3) is 0.400. The average molecular weight is 211 g/mol. The van der Waals surface area contributed by atoms with Gasteiger partial charge in [-0.2, -0.15) is 0 Å². The molecule has 0 atom stereocenters. The van der Waals surface area contributed by atoms with E-state index in [-0.39, 0.29) is 5.91 Å². The van der Waals surface area contributed by atoms with Crippen LogP contribution in [0.4, 0.5) is 5.69 Å². The Balaban J connectivity index is 2.51. The molecule has 0 bridgehead atoms. The third kappa shape index (κ3) is 2.96. The number of hydrogen-bond donors (Lipinski definition) is 1. The number of anilines is 1. The average Bonchev–Trinajstić information content (AvgIpc) is 2.62. The first kappa shape index (κ1) is 10.9. The largest absolute Gasteiger partial charge is 0.325 e. The molecule has 1 rings (SSSR count). The number of unbranched alkanes of at least 4 members (excludes halogenated alkanes) is 1. The molecular weight excluding hydrogens is 198 g/mol. The van der Waals surface area contributed by atoms with E-state index in [1.54, 1.807) is 11.4 Å². The van der Waals surface area contributed by atoms with Crippen molar-refractivity contribution in [3.05, 3.63) is 16.3 Å². The summed E-state index contributed by atoms with van der Waals surface area (Å²) in [5.74, 6) is -0.0200. The van der Waals surface area contributed by atoms with Crippen LogP contribution in [0.1, 0.15) is 35.9 Å². The number of carbonyl (C=O) groups is 2. The molecule has 0 fully saturated rings. The van der Waals surface area contributed by atoms with E-state index < -0.39 is 0 Å². The van der Waals surface area contributed by atoms with Crippen LogP contribution in [-0.2, 0) is 4.79 Å². The van der Waals surface area contributed by atoms with Crippen molar-refractivity contribution in [3.8, 4) is 0 Å². The fourth-order valence-electron chi connectivity index (χ4n) is 1.07. The van der Waals surface area contributed by atoms with Crippen LogP contribution in [0.15, 0.2) is 11.4 Å². The molecule has 76 valence electrons. The van der Waals surface area contributed by atoms with E-state index in [9.17, 15) is 9.59 Å². The van der Waals surface area contributed by atoms with Gasteiger partial charge in [0, 0.05) is 6.42 Å². The van der Waals surface area contributed by atoms with Gasteiger partial charge in [0.15, 0.2) is 6.29 Å². The highest BCUT2D eigenvalue weighted by atomic mass is 32.1. The van der Waals surface area contributed by atoms with Gasteiger partial charge < -0.3 is 5.32 Å². The number of nitrogens with one attached hydrogen (secondary N) is 1. The van der Waals surface area contributed by atoms with Gasteiger partial charge in [-0.3, -0.25) is 9.59 Å². The lowest BCUT2D eigenvalue weighted by atomic mass is 10.2. The lowest BCUT2D eigenvalue weighted by Crippen LogP contribution is -2.11. The first-order valence-corrected chi connectivity index (χ1v) is 5.48. The first-order valence-electron chi connectivity index (χ1n) is 4.60. The SMILES string of the molecule is CCCCC(=O)Nc1ccsc1C=O. The number of amides is 1. The molecular formula is C10H13NO2S. The van der Waals surface area contributed by atoms with Crippen molar-refractivity contribution in [2.24, 2.45) is 0 Å². The Bertz CT molecular complexity index is 320. The van der Waals surface area contributed by atoms with Crippen molar-refractivity contribution in [3.63, 3.8) is 0 Å². The summed E-state index contributed by atoms with van der Waals surface area (Å²) in [4.78, 5) is 22.4. The minimum atomic E-state index is -0.0200. The van der Waals surface area contributed by atoms with Gasteiger partial charge in [-0.1, -0.05) is 13.3 Å². The highest BCUT2D eigenvalue weighted by molar-refractivity contribution is 7.12. The summed E-state index contributed by atoms with van der Waals surface area (Å²) in [5, 5.41) is 4.51. The fourth-order valence-corrected chi connectivity index (χ4v) is 1.72. The van der Waals surface area contributed by atoms with Crippen LogP contribution in [0.3, 0.4) is 0 Å². The number of rotatable bonds is 5. The van der Waals surface area contributed by atoms with E-state index in [2.05, 4.69) is 5.32 Å². The summed E-state index contributed by atoms with van der Waals surface area (Å²) in [6.07, 6.45) is 3.16. The highest BCUT2D eigenvalue weighted by Gasteiger charge is 2.06. The zero-order valence-electron chi connectivity index (χ0n) is 8.08. The lowest BCUT2D eigenvalue weighted by molar-refractivity contribution is -0.116. The van der Waals surface area contributed by atoms with Gasteiger partial charge in [-0.05, 0) is 17.9 Å². The molecule has 1 heterocycles. The Morgan fingerprint density at radius 3 is 3.07 bits per heavy atom. The van der Waals surface area contributed by atoms with E-state index in [0.717, 1.165) is 19.1 Å². The number of hydrogen-bond acceptors (Lipinski definition) is 3. The van der Waals surface area contributed by atoms with Crippen LogP contribution in [0.25, 0.3) is 0 Å². The van der Waals surface area contributed by atoms with Crippen LogP contribution >= 0.6 is 11.3 Å². The molecule has 14 heavy (non-hydrogen) atoms. The molecule has 0 radical (unpaired) electrons. The van der Waals surface area contributed by atoms with Crippen molar-refractivity contribution in [1.82, 2.24) is 0 Å². The maximum atomic E-state index is 11.3. The lowest BCUT2D eigenvalue weighted by Gasteiger charge is -2.02. The molecule has 0 aromatic carbocycles. The summed E-state index contributed by atoms with van der Waals surface area (Å²) >= 11 is 1.33. The third-order valence-electron chi connectivity index (χ3n) is 1.83. The minimum Gasteiger partial charge on any atom is -0.325 e. The van der Waals surface area contributed by atoms with E-state index in [1.807, 2.05) is 6.92 Å². The number of aldehydes is 1. The molecule has 0 spiro atoms. The van der Waals surface area contributed by atoms with Crippen LogP contribution in [0.2, 0.25) is 0 Å². The van der Waals surface area contributed by atoms with Crippen LogP contribution in [-0.4, -0.2) is 12.2 Å². The Morgan fingerprint density at radius 1 is 1.64 bits per heavy atom. The summed E-state index contributed by atoms with van der Waals surface area (Å²) in [7, 11) is 0. The summed E-state index contributed by atoms with van der Waals surface area (Å²) in [6.45, 7) is 2.04. The molecule has 1 aromatic heterocycles. The Labute approximate surface area is 87.1 Å². The molecule has 4 heteroatoms. The topological polar surface area (TPSA) is 46.2 Å². The second kappa shape index (κ2) is 5.54. The van der Waals surface area contributed by atoms with Gasteiger partial charge in [0.25, 0.3) is 0 Å². The quantitative estimate of drug-likeness (QED) is 0.761. The Kier molecular flexibility index (Phi) is 4.32. The monoisotopic (exact) mass is 211 g/mol. The highest BCUT2D eigenvalue weighted by Crippen LogP contribution is 2.20. The van der Waals surface area contributed by atoms with Crippen molar-refractivity contribution in [2.45, 2.75) is 26.2 Å². The van der Waals surface area contributed by atoms with Gasteiger partial charge in [-0.25, -0.2) is 0 Å². The van der Waals surface area contributed by atoms with E-state index in [1.165, 1.54) is 11.3 Å². The van der Waals surface area contributed by atoms with E-state index in [0.29, 0.717) is 17.0 Å². The molecule has 0 aliphatic rings. The van der Waals surface area contributed by atoms with E-state index in [4.69, 9.17) is 0 Å². The maximum Gasteiger partial charge on any atom is 0.224 e. The standard InChI is InChI=1S/C10H13NO2S/c1-2-3-4-10(13)11-8-5-6-14-9(8)7-12/h5-7H,2-4H2,1H3,(H,11,13). The van der Waals surface area contributed by atoms with Gasteiger partial charge in [-0.15, -0.1) is 11.3 Å². The molecule has 1 N–H and O–H groups in total. The Hall–Kier alpha value is -1.16. The van der Waals surface area contributed by atoms with Crippen molar-refractivity contribution in [2.75, 3.05) is 5.32 Å². The molecule has 0 unspecified atom stereocenters. The minimum absolute atomic E-state index is 0.0200. The molecule has 1 amide bonds. The third-order valence-corrected chi connectivity index (χ3v) is 2.68. The number of thiophene rings is 1. The molecule has 0 saturated carbocycles. The second-order valence-corrected chi connectivity index (χ2v) is 3.92. The van der Waals surface area contributed by atoms with Gasteiger partial charge in [0.2, 0.25) is 5.91 Å². The first-order chi connectivity index (χ1) is 6.77. The molecule has 0 aliphatic heterocycles. The summed E-state index contributed by atoms with van der Waals surface area (Å²) in [5.41, 5.74) is 0.631. The van der Waals surface area contributed by atoms with Crippen molar-refractivity contribution < 1.29 is 9.59 Å². The number of carbonyl (C=O) groups excluding carboxylic acids is 2. The van der Waals surface area contributed by atoms with Gasteiger partial charge >= 0.3 is 0 Å². The van der Waals surface area contributed by atoms with Crippen LogP contribution in [0, 0.1) is 0 Å². The van der Waals surface area contributed by atoms with Crippen LogP contribution < -0.4 is 5.32 Å². The maximum absolute atomic E-state index is 11.3. The van der Waals surface area contributed by atoms with E-state index >= 15 is 0 Å².